The number of nitrogens with two attached hydrogens (primary N) is 1. The number of hydrogen-bond acceptors (Lipinski definition) is 11. The van der Waals surface area contributed by atoms with Gasteiger partial charge in [-0.15, -0.1) is 0 Å². The maximum atomic E-state index is 12.1. The molecule has 0 bridgehead atoms. The average molecular weight is 540 g/mol. The van der Waals surface area contributed by atoms with E-state index in [4.69, 9.17) is 20.3 Å². The molecule has 0 spiro atoms. The summed E-state index contributed by atoms with van der Waals surface area (Å²) in [7, 11) is -10.6. The lowest BCUT2D eigenvalue weighted by atomic mass is 9.98. The van der Waals surface area contributed by atoms with Crippen LogP contribution in [0.15, 0.2) is 11.1 Å². The van der Waals surface area contributed by atoms with Crippen molar-refractivity contribution in [1.29, 1.82) is 0 Å². The highest BCUT2D eigenvalue weighted by Gasteiger charge is 2.46. The van der Waals surface area contributed by atoms with Gasteiger partial charge in [0.15, 0.2) is 17.4 Å². The van der Waals surface area contributed by atoms with E-state index in [1.807, 2.05) is 6.92 Å². The van der Waals surface area contributed by atoms with Gasteiger partial charge in [0.2, 0.25) is 11.9 Å². The van der Waals surface area contributed by atoms with Crippen LogP contribution in [0, 0.1) is 5.92 Å². The summed E-state index contributed by atoms with van der Waals surface area (Å²) in [6.45, 7) is 1.03. The first-order valence-corrected chi connectivity index (χ1v) is 13.4. The predicted octanol–water partition coefficient (Wildman–Crippen LogP) is -0.891. The zero-order valence-electron chi connectivity index (χ0n) is 18.4. The summed E-state index contributed by atoms with van der Waals surface area (Å²) in [6, 6.07) is 0. The second-order valence-corrected chi connectivity index (χ2v) is 10.6. The molecular formula is C16H26N6O11P2. The van der Waals surface area contributed by atoms with E-state index in [2.05, 4.69) is 29.1 Å². The molecule has 0 radical (unpaired) electrons. The number of phosphoric ester groups is 1. The molecule has 17 nitrogen and oxygen atoms in total. The summed E-state index contributed by atoms with van der Waals surface area (Å²) < 4.78 is 38.2. The number of nitrogen functional groups attached to an aromatic ring is 1. The molecule has 3 heterocycles. The van der Waals surface area contributed by atoms with Crippen molar-refractivity contribution in [3.05, 3.63) is 16.7 Å². The molecule has 5 atom stereocenters. The van der Waals surface area contributed by atoms with Gasteiger partial charge in [-0.1, -0.05) is 13.3 Å². The van der Waals surface area contributed by atoms with Crippen LogP contribution in [0.3, 0.4) is 0 Å². The SMILES string of the molecule is CCCCC(=O)NC[C@H]1[C@@H](O)[C@H](n2cnc3c(=O)[nH]c(N)nc32)O[C@@H]1COP(=O)(O)OP(=O)(O)O. The van der Waals surface area contributed by atoms with Crippen LogP contribution in [0.2, 0.25) is 0 Å². The standard InChI is InChI=1S/C16H26N6O11P2/c1-2-3-4-10(23)18-5-8-9(6-31-35(29,30)33-34(26,27)28)32-15(12(8)24)22-7-19-11-13(22)20-16(17)21-14(11)25/h7-9,12,15,24H,2-6H2,1H3,(H,18,23)(H,29,30)(H2,26,27,28)(H3,17,20,21,25)/t8-,9-,12-,15-/m1/s1. The molecule has 1 unspecified atom stereocenters. The van der Waals surface area contributed by atoms with E-state index in [9.17, 15) is 28.7 Å². The third kappa shape index (κ3) is 6.94. The second-order valence-electron chi connectivity index (χ2n) is 7.74. The predicted molar refractivity (Wildman–Crippen MR) is 117 cm³/mol. The molecule has 1 aliphatic heterocycles. The Morgan fingerprint density at radius 1 is 1.37 bits per heavy atom. The minimum atomic E-state index is -5.35. The summed E-state index contributed by atoms with van der Waals surface area (Å²) in [5.74, 6) is -1.43. The Morgan fingerprint density at radius 3 is 2.74 bits per heavy atom. The first-order valence-electron chi connectivity index (χ1n) is 10.4. The van der Waals surface area contributed by atoms with Crippen LogP contribution in [0.5, 0.6) is 0 Å². The number of ether oxygens (including phenoxy) is 1. The number of unbranched alkanes of at least 4 members (excludes halogenated alkanes) is 1. The van der Waals surface area contributed by atoms with Gasteiger partial charge in [-0.25, -0.2) is 14.1 Å². The average Bonchev–Trinajstić information content (AvgIpc) is 3.28. The molecule has 35 heavy (non-hydrogen) atoms. The van der Waals surface area contributed by atoms with Crippen LogP contribution >= 0.6 is 15.6 Å². The molecule has 2 aromatic heterocycles. The number of fused-ring (bicyclic) bond motifs is 1. The van der Waals surface area contributed by atoms with Gasteiger partial charge in [0.05, 0.1) is 19.0 Å². The summed E-state index contributed by atoms with van der Waals surface area (Å²) in [6.07, 6.45) is -0.926. The molecule has 19 heteroatoms. The second kappa shape index (κ2) is 10.8. The van der Waals surface area contributed by atoms with Gasteiger partial charge in [-0.2, -0.15) is 9.29 Å². The van der Waals surface area contributed by atoms with E-state index in [0.717, 1.165) is 6.42 Å². The van der Waals surface area contributed by atoms with Crippen molar-refractivity contribution < 1.29 is 47.3 Å². The quantitative estimate of drug-likeness (QED) is 0.171. The summed E-state index contributed by atoms with van der Waals surface area (Å²) in [4.78, 5) is 61.5. The van der Waals surface area contributed by atoms with Crippen molar-refractivity contribution in [2.24, 2.45) is 5.92 Å². The van der Waals surface area contributed by atoms with Gasteiger partial charge in [0, 0.05) is 18.9 Å². The number of nitrogens with one attached hydrogen (secondary N) is 2. The third-order valence-corrected chi connectivity index (χ3v) is 7.30. The molecule has 0 aromatic carbocycles. The highest BCUT2D eigenvalue weighted by Crippen LogP contribution is 2.57. The van der Waals surface area contributed by atoms with E-state index in [1.54, 1.807) is 0 Å². The Kier molecular flexibility index (Phi) is 8.47. The van der Waals surface area contributed by atoms with Gasteiger partial charge in [-0.05, 0) is 6.42 Å². The lowest BCUT2D eigenvalue weighted by Gasteiger charge is -2.21. The molecular weight excluding hydrogens is 514 g/mol. The summed E-state index contributed by atoms with van der Waals surface area (Å²) >= 11 is 0. The smallest absolute Gasteiger partial charge is 0.388 e. The maximum absolute atomic E-state index is 12.1. The molecule has 1 fully saturated rings. The van der Waals surface area contributed by atoms with Gasteiger partial charge < -0.3 is 35.6 Å². The van der Waals surface area contributed by atoms with Crippen LogP contribution in [0.25, 0.3) is 11.2 Å². The van der Waals surface area contributed by atoms with Crippen LogP contribution in [0.4, 0.5) is 5.95 Å². The lowest BCUT2D eigenvalue weighted by molar-refractivity contribution is -0.121. The molecule has 3 rings (SSSR count). The fourth-order valence-corrected chi connectivity index (χ4v) is 5.15. The van der Waals surface area contributed by atoms with Crippen LogP contribution < -0.4 is 16.6 Å². The molecule has 0 saturated carbocycles. The largest absolute Gasteiger partial charge is 0.481 e. The van der Waals surface area contributed by atoms with Crippen LogP contribution in [0.1, 0.15) is 32.4 Å². The fourth-order valence-electron chi connectivity index (χ4n) is 3.55. The molecule has 196 valence electrons. The Labute approximate surface area is 197 Å². The lowest BCUT2D eigenvalue weighted by Crippen LogP contribution is -2.39. The van der Waals surface area contributed by atoms with Crippen LogP contribution in [-0.4, -0.2) is 70.6 Å². The number of aliphatic hydroxyl groups is 1. The van der Waals surface area contributed by atoms with E-state index in [0.29, 0.717) is 6.42 Å². The monoisotopic (exact) mass is 540 g/mol. The summed E-state index contributed by atoms with van der Waals surface area (Å²) in [5.41, 5.74) is 4.86. The van der Waals surface area contributed by atoms with E-state index < -0.39 is 52.2 Å². The molecule has 1 saturated heterocycles. The first-order chi connectivity index (χ1) is 16.3. The highest BCUT2D eigenvalue weighted by molar-refractivity contribution is 7.60. The van der Waals surface area contributed by atoms with Crippen molar-refractivity contribution in [1.82, 2.24) is 24.8 Å². The summed E-state index contributed by atoms with van der Waals surface area (Å²) in [5, 5.41) is 13.6. The van der Waals surface area contributed by atoms with Gasteiger partial charge in [0.25, 0.3) is 5.56 Å². The fraction of sp³-hybridized carbons (Fsp3) is 0.625. The number of aromatic amines is 1. The van der Waals surface area contributed by atoms with Crippen molar-refractivity contribution in [3.8, 4) is 0 Å². The zero-order chi connectivity index (χ0) is 26.0. The number of rotatable bonds is 11. The minimum absolute atomic E-state index is 0.0136. The number of aromatic nitrogens is 4. The molecule has 8 N–H and O–H groups in total. The van der Waals surface area contributed by atoms with E-state index in [1.165, 1.54) is 10.9 Å². The Morgan fingerprint density at radius 2 is 2.09 bits per heavy atom. The number of carbonyl (C=O) groups excluding carboxylic acids is 1. The van der Waals surface area contributed by atoms with Crippen molar-refractivity contribution in [2.45, 2.75) is 44.6 Å². The van der Waals surface area contributed by atoms with Gasteiger partial charge in [0.1, 0.15) is 6.10 Å². The number of anilines is 1. The minimum Gasteiger partial charge on any atom is -0.388 e. The van der Waals surface area contributed by atoms with Gasteiger partial charge in [-0.3, -0.25) is 23.7 Å². The normalized spacial score (nSPS) is 24.5. The number of imidazole rings is 1. The van der Waals surface area contributed by atoms with Gasteiger partial charge >= 0.3 is 15.6 Å². The molecule has 2 aromatic rings. The van der Waals surface area contributed by atoms with Crippen LogP contribution in [-0.2, 0) is 27.5 Å². The molecule has 1 amide bonds. The number of amides is 1. The number of phosphoric acid groups is 2. The Balaban J connectivity index is 1.84. The molecule has 1 aliphatic rings. The zero-order valence-corrected chi connectivity index (χ0v) is 20.2. The van der Waals surface area contributed by atoms with Crippen molar-refractivity contribution >= 4 is 38.7 Å². The molecule has 0 aliphatic carbocycles. The van der Waals surface area contributed by atoms with Crippen molar-refractivity contribution in [3.63, 3.8) is 0 Å². The van der Waals surface area contributed by atoms with Crippen molar-refractivity contribution in [2.75, 3.05) is 18.9 Å². The highest BCUT2D eigenvalue weighted by atomic mass is 31.3. The Hall–Kier alpha value is -2.20. The number of aliphatic hydroxyl groups excluding tert-OH is 1. The number of nitrogens with zero attached hydrogens (tertiary/aromatic N) is 3. The topological polar surface area (TPSA) is 261 Å². The maximum Gasteiger partial charge on any atom is 0.481 e. The number of carbonyl (C=O) groups is 1. The van der Waals surface area contributed by atoms with E-state index >= 15 is 0 Å². The number of H-pyrrole nitrogens is 1. The number of hydrogen-bond donors (Lipinski definition) is 7. The first kappa shape index (κ1) is 27.4. The third-order valence-electron chi connectivity index (χ3n) is 5.15. The Bertz CT molecular complexity index is 1210. The van der Waals surface area contributed by atoms with E-state index in [-0.39, 0.29) is 36.0 Å².